The molecule has 188 valence electrons. The summed E-state index contributed by atoms with van der Waals surface area (Å²) >= 11 is 0. The summed E-state index contributed by atoms with van der Waals surface area (Å²) in [6, 6.07) is 5.75. The average Bonchev–Trinajstić information content (AvgIpc) is 3.44. The van der Waals surface area contributed by atoms with Crippen molar-refractivity contribution in [2.75, 3.05) is 49.2 Å². The van der Waals surface area contributed by atoms with Crippen LogP contribution >= 0.6 is 0 Å². The van der Waals surface area contributed by atoms with Gasteiger partial charge in [-0.05, 0) is 76.1 Å². The largest absolute Gasteiger partial charge is 0.418 e. The van der Waals surface area contributed by atoms with Gasteiger partial charge in [-0.3, -0.25) is 9.69 Å². The quantitative estimate of drug-likeness (QED) is 0.603. The number of benzene rings is 1. The fourth-order valence-electron chi connectivity index (χ4n) is 6.69. The number of hydrogen-bond donors (Lipinski definition) is 0. The van der Waals surface area contributed by atoms with Crippen LogP contribution in [0.5, 0.6) is 0 Å². The highest BCUT2D eigenvalue weighted by Crippen LogP contribution is 2.46. The Labute approximate surface area is 200 Å². The van der Waals surface area contributed by atoms with Crippen LogP contribution in [0.1, 0.15) is 63.9 Å². The number of carbonyl (C=O) groups is 1. The fraction of sp³-hybridized carbons (Fsp3) is 0.731. The van der Waals surface area contributed by atoms with E-state index in [0.29, 0.717) is 56.8 Å². The van der Waals surface area contributed by atoms with Gasteiger partial charge in [-0.15, -0.1) is 0 Å². The molecule has 1 aromatic rings. The first kappa shape index (κ1) is 23.9. The second kappa shape index (κ2) is 9.34. The van der Waals surface area contributed by atoms with Gasteiger partial charge in [0.2, 0.25) is 5.91 Å². The van der Waals surface area contributed by atoms with E-state index in [4.69, 9.17) is 4.74 Å². The molecule has 4 saturated heterocycles. The summed E-state index contributed by atoms with van der Waals surface area (Å²) < 4.78 is 47.9. The van der Waals surface area contributed by atoms with E-state index in [1.807, 2.05) is 0 Å². The van der Waals surface area contributed by atoms with Crippen LogP contribution in [0.3, 0.4) is 0 Å². The highest BCUT2D eigenvalue weighted by atomic mass is 19.4. The first-order valence-electron chi connectivity index (χ1n) is 12.9. The number of anilines is 2. The summed E-state index contributed by atoms with van der Waals surface area (Å²) in [5, 5.41) is 0. The normalized spacial score (nSPS) is 26.7. The third-order valence-electron chi connectivity index (χ3n) is 8.73. The number of alkyl halides is 3. The van der Waals surface area contributed by atoms with Crippen LogP contribution < -0.4 is 9.80 Å². The summed E-state index contributed by atoms with van der Waals surface area (Å²) in [5.74, 6) is -0.175. The molecule has 0 saturated carbocycles. The average molecular weight is 480 g/mol. The van der Waals surface area contributed by atoms with E-state index in [1.165, 1.54) is 36.3 Å². The Morgan fingerprint density at radius 3 is 2.44 bits per heavy atom. The van der Waals surface area contributed by atoms with Gasteiger partial charge in [-0.25, -0.2) is 0 Å². The van der Waals surface area contributed by atoms with Gasteiger partial charge in [-0.2, -0.15) is 13.2 Å². The molecule has 8 heteroatoms. The van der Waals surface area contributed by atoms with Crippen LogP contribution in [0.2, 0.25) is 0 Å². The Bertz CT molecular complexity index is 892. The maximum absolute atomic E-state index is 14.2. The number of halogens is 3. The van der Waals surface area contributed by atoms with Crippen LogP contribution in [-0.2, 0) is 15.7 Å². The topological polar surface area (TPSA) is 36.0 Å². The van der Waals surface area contributed by atoms with Gasteiger partial charge in [0.1, 0.15) is 0 Å². The van der Waals surface area contributed by atoms with E-state index in [-0.39, 0.29) is 11.6 Å². The molecule has 1 atom stereocenters. The first-order valence-corrected chi connectivity index (χ1v) is 12.9. The predicted molar refractivity (Wildman–Crippen MR) is 126 cm³/mol. The van der Waals surface area contributed by atoms with Gasteiger partial charge < -0.3 is 14.5 Å². The molecular weight excluding hydrogens is 443 g/mol. The number of hydrogen-bond acceptors (Lipinski definition) is 4. The zero-order chi connectivity index (χ0) is 23.9. The number of nitrogens with zero attached hydrogens (tertiary/aromatic N) is 3. The Morgan fingerprint density at radius 2 is 1.76 bits per heavy atom. The van der Waals surface area contributed by atoms with Crippen molar-refractivity contribution in [1.82, 2.24) is 4.90 Å². The summed E-state index contributed by atoms with van der Waals surface area (Å²) in [6.45, 7) is 6.25. The summed E-state index contributed by atoms with van der Waals surface area (Å²) in [7, 11) is 0. The van der Waals surface area contributed by atoms with Crippen molar-refractivity contribution in [2.45, 2.75) is 76.6 Å². The van der Waals surface area contributed by atoms with Crippen molar-refractivity contribution in [3.63, 3.8) is 0 Å². The monoisotopic (exact) mass is 479 g/mol. The van der Waals surface area contributed by atoms with E-state index >= 15 is 0 Å². The fourth-order valence-corrected chi connectivity index (χ4v) is 6.69. The van der Waals surface area contributed by atoms with E-state index in [2.05, 4.69) is 16.7 Å². The molecule has 0 aromatic heterocycles. The standard InChI is InChI=1S/C26H36F3N3O2/c1-2-19-4-3-12-31(19)20-7-13-30(14-8-20)21-5-6-23(22(18-21)26(27,28)29)32-15-9-25(24(32)33)10-16-34-17-11-25/h5-6,18-20H,2-4,7-17H2,1H3. The first-order chi connectivity index (χ1) is 16.3. The molecule has 5 nitrogen and oxygen atoms in total. The molecule has 1 spiro atoms. The van der Waals surface area contributed by atoms with Crippen molar-refractivity contribution in [1.29, 1.82) is 0 Å². The van der Waals surface area contributed by atoms with Gasteiger partial charge in [0.15, 0.2) is 0 Å². The lowest BCUT2D eigenvalue weighted by atomic mass is 9.79. The zero-order valence-corrected chi connectivity index (χ0v) is 20.1. The second-order valence-corrected chi connectivity index (χ2v) is 10.5. The molecular formula is C26H36F3N3O2. The lowest BCUT2D eigenvalue weighted by molar-refractivity contribution is -0.137. The lowest BCUT2D eigenvalue weighted by Gasteiger charge is -2.40. The molecule has 1 unspecified atom stereocenters. The maximum atomic E-state index is 14.2. The molecule has 0 bridgehead atoms. The third kappa shape index (κ3) is 4.32. The zero-order valence-electron chi connectivity index (χ0n) is 20.1. The lowest BCUT2D eigenvalue weighted by Crippen LogP contribution is -2.46. The molecule has 4 fully saturated rings. The highest BCUT2D eigenvalue weighted by Gasteiger charge is 2.49. The molecule has 5 rings (SSSR count). The SMILES string of the molecule is CCC1CCCN1C1CCN(c2ccc(N3CCC4(CCOCC4)C3=O)c(C(F)(F)F)c2)CC1. The molecule has 4 heterocycles. The van der Waals surface area contributed by atoms with Crippen LogP contribution in [0.15, 0.2) is 18.2 Å². The molecule has 4 aliphatic heterocycles. The Morgan fingerprint density at radius 1 is 1.03 bits per heavy atom. The molecule has 1 amide bonds. The van der Waals surface area contributed by atoms with E-state index in [9.17, 15) is 18.0 Å². The number of rotatable bonds is 4. The van der Waals surface area contributed by atoms with Crippen molar-refractivity contribution in [3.8, 4) is 0 Å². The minimum absolute atomic E-state index is 0.00218. The van der Waals surface area contributed by atoms with Crippen molar-refractivity contribution in [3.05, 3.63) is 23.8 Å². The van der Waals surface area contributed by atoms with Gasteiger partial charge in [0.05, 0.1) is 16.7 Å². The molecule has 1 aromatic carbocycles. The molecule has 0 radical (unpaired) electrons. The summed E-state index contributed by atoms with van der Waals surface area (Å²) in [5.41, 5.74) is -0.652. The number of likely N-dealkylation sites (tertiary alicyclic amines) is 1. The van der Waals surface area contributed by atoms with E-state index in [0.717, 1.165) is 32.5 Å². The van der Waals surface area contributed by atoms with Crippen LogP contribution in [0.4, 0.5) is 24.5 Å². The van der Waals surface area contributed by atoms with E-state index < -0.39 is 17.2 Å². The predicted octanol–water partition coefficient (Wildman–Crippen LogP) is 5.08. The minimum atomic E-state index is -4.51. The second-order valence-electron chi connectivity index (χ2n) is 10.5. The highest BCUT2D eigenvalue weighted by molar-refractivity contribution is 6.00. The summed E-state index contributed by atoms with van der Waals surface area (Å²) in [4.78, 5) is 19.3. The number of ether oxygens (including phenoxy) is 1. The number of amides is 1. The van der Waals surface area contributed by atoms with Crippen LogP contribution in [0.25, 0.3) is 0 Å². The van der Waals surface area contributed by atoms with Crippen molar-refractivity contribution in [2.24, 2.45) is 5.41 Å². The van der Waals surface area contributed by atoms with Gasteiger partial charge in [0.25, 0.3) is 0 Å². The third-order valence-corrected chi connectivity index (χ3v) is 8.73. The van der Waals surface area contributed by atoms with Gasteiger partial charge in [-0.1, -0.05) is 6.92 Å². The Kier molecular flexibility index (Phi) is 6.57. The van der Waals surface area contributed by atoms with Crippen LogP contribution in [-0.4, -0.2) is 62.3 Å². The Balaban J connectivity index is 1.33. The molecule has 0 aliphatic carbocycles. The van der Waals surface area contributed by atoms with Gasteiger partial charge in [0, 0.05) is 50.6 Å². The van der Waals surface area contributed by atoms with E-state index in [1.54, 1.807) is 6.07 Å². The molecule has 0 N–H and O–H groups in total. The van der Waals surface area contributed by atoms with Crippen LogP contribution in [0, 0.1) is 5.41 Å². The van der Waals surface area contributed by atoms with Crippen molar-refractivity contribution >= 4 is 17.3 Å². The van der Waals surface area contributed by atoms with Crippen molar-refractivity contribution < 1.29 is 22.7 Å². The number of carbonyl (C=O) groups excluding carboxylic acids is 1. The molecule has 34 heavy (non-hydrogen) atoms. The van der Waals surface area contributed by atoms with Gasteiger partial charge >= 0.3 is 6.18 Å². The Hall–Kier alpha value is -1.80. The summed E-state index contributed by atoms with van der Waals surface area (Å²) in [6.07, 6.45) is 2.90. The minimum Gasteiger partial charge on any atom is -0.381 e. The maximum Gasteiger partial charge on any atom is 0.418 e. The number of piperidine rings is 1. The molecule has 4 aliphatic rings. The smallest absolute Gasteiger partial charge is 0.381 e.